The third kappa shape index (κ3) is 4.89. The van der Waals surface area contributed by atoms with Crippen LogP contribution in [0.15, 0.2) is 30.9 Å². The first kappa shape index (κ1) is 23.8. The molecule has 5 rings (SSSR count). The Bertz CT molecular complexity index is 1290. The van der Waals surface area contributed by atoms with Crippen LogP contribution >= 0.6 is 0 Å². The van der Waals surface area contributed by atoms with Gasteiger partial charge in [0, 0.05) is 30.7 Å². The van der Waals surface area contributed by atoms with Crippen LogP contribution in [0, 0.1) is 11.3 Å². The van der Waals surface area contributed by atoms with E-state index in [0.29, 0.717) is 41.2 Å². The van der Waals surface area contributed by atoms with Crippen LogP contribution in [0.3, 0.4) is 0 Å². The highest BCUT2D eigenvalue weighted by Crippen LogP contribution is 2.31. The lowest BCUT2D eigenvalue weighted by atomic mass is 9.91. The van der Waals surface area contributed by atoms with Crippen LogP contribution in [0.1, 0.15) is 25.3 Å². The molecular formula is C24H28N8O4. The fourth-order valence-electron chi connectivity index (χ4n) is 4.51. The number of nitrogens with two attached hydrogens (primary N) is 1. The summed E-state index contributed by atoms with van der Waals surface area (Å²) in [6, 6.07) is 3.97. The third-order valence-corrected chi connectivity index (χ3v) is 6.70. The van der Waals surface area contributed by atoms with E-state index < -0.39 is 6.09 Å². The minimum atomic E-state index is -0.976. The molecule has 3 aromatic heterocycles. The van der Waals surface area contributed by atoms with Crippen LogP contribution in [-0.4, -0.2) is 86.7 Å². The summed E-state index contributed by atoms with van der Waals surface area (Å²) in [4.78, 5) is 24.0. The van der Waals surface area contributed by atoms with Crippen molar-refractivity contribution in [2.24, 2.45) is 5.73 Å². The molecule has 3 N–H and O–H groups in total. The van der Waals surface area contributed by atoms with Gasteiger partial charge in [0.25, 0.3) is 0 Å². The van der Waals surface area contributed by atoms with E-state index in [2.05, 4.69) is 33.0 Å². The summed E-state index contributed by atoms with van der Waals surface area (Å²) in [6.07, 6.45) is 7.00. The lowest BCUT2D eigenvalue weighted by Crippen LogP contribution is -2.48. The Morgan fingerprint density at radius 3 is 2.81 bits per heavy atom. The maximum atomic E-state index is 11.3. The van der Waals surface area contributed by atoms with Crippen LogP contribution in [-0.2, 0) is 4.74 Å². The third-order valence-electron chi connectivity index (χ3n) is 6.70. The van der Waals surface area contributed by atoms with Crippen LogP contribution in [0.25, 0.3) is 16.8 Å². The average Bonchev–Trinajstić information content (AvgIpc) is 3.30. The molecule has 0 radical (unpaired) electrons. The second-order valence-electron chi connectivity index (χ2n) is 9.49. The van der Waals surface area contributed by atoms with E-state index in [-0.39, 0.29) is 24.8 Å². The van der Waals surface area contributed by atoms with Gasteiger partial charge in [-0.15, -0.1) is 0 Å². The van der Waals surface area contributed by atoms with Crippen LogP contribution < -0.4 is 15.4 Å². The van der Waals surface area contributed by atoms with E-state index >= 15 is 0 Å². The first-order valence-electron chi connectivity index (χ1n) is 11.8. The summed E-state index contributed by atoms with van der Waals surface area (Å²) in [5.41, 5.74) is 8.35. The number of ether oxygens (including phenoxy) is 2. The largest absolute Gasteiger partial charge is 0.489 e. The van der Waals surface area contributed by atoms with Gasteiger partial charge in [-0.2, -0.15) is 10.4 Å². The van der Waals surface area contributed by atoms with Gasteiger partial charge in [0.1, 0.15) is 30.3 Å². The summed E-state index contributed by atoms with van der Waals surface area (Å²) in [5.74, 6) is 1.27. The molecule has 3 aromatic rings. The Balaban J connectivity index is 1.39. The molecule has 2 fully saturated rings. The van der Waals surface area contributed by atoms with E-state index in [9.17, 15) is 15.2 Å². The van der Waals surface area contributed by atoms with Crippen LogP contribution in [0.4, 0.5) is 10.6 Å². The van der Waals surface area contributed by atoms with Gasteiger partial charge in [-0.25, -0.2) is 14.3 Å². The Morgan fingerprint density at radius 2 is 2.11 bits per heavy atom. The zero-order valence-electron chi connectivity index (χ0n) is 20.0. The van der Waals surface area contributed by atoms with Gasteiger partial charge in [-0.3, -0.25) is 4.98 Å². The summed E-state index contributed by atoms with van der Waals surface area (Å²) in [5, 5.41) is 23.2. The van der Waals surface area contributed by atoms with Gasteiger partial charge in [-0.1, -0.05) is 0 Å². The van der Waals surface area contributed by atoms with E-state index in [4.69, 9.17) is 15.2 Å². The molecule has 0 aromatic carbocycles. The quantitative estimate of drug-likeness (QED) is 0.538. The zero-order chi connectivity index (χ0) is 25.3. The molecule has 36 heavy (non-hydrogen) atoms. The molecule has 2 aliphatic rings. The summed E-state index contributed by atoms with van der Waals surface area (Å²) in [7, 11) is 0. The highest BCUT2D eigenvalue weighted by molar-refractivity contribution is 5.83. The molecule has 2 aliphatic heterocycles. The molecule has 0 aliphatic carbocycles. The number of morpholine rings is 1. The van der Waals surface area contributed by atoms with Crippen molar-refractivity contribution in [3.63, 3.8) is 0 Å². The number of hydrogen-bond acceptors (Lipinski definition) is 9. The average molecular weight is 493 g/mol. The number of amides is 1. The van der Waals surface area contributed by atoms with Gasteiger partial charge in [0.2, 0.25) is 0 Å². The first-order chi connectivity index (χ1) is 17.3. The topological polar surface area (TPSA) is 155 Å². The normalized spacial score (nSPS) is 19.8. The fraction of sp³-hybridized carbons (Fsp3) is 0.458. The highest BCUT2D eigenvalue weighted by Gasteiger charge is 2.27. The first-order valence-corrected chi connectivity index (χ1v) is 11.8. The molecule has 188 valence electrons. The predicted octanol–water partition coefficient (Wildman–Crippen LogP) is 1.74. The van der Waals surface area contributed by atoms with Crippen molar-refractivity contribution in [2.75, 3.05) is 44.3 Å². The van der Waals surface area contributed by atoms with Crippen LogP contribution in [0.5, 0.6) is 5.75 Å². The molecular weight excluding hydrogens is 464 g/mol. The van der Waals surface area contributed by atoms with Crippen molar-refractivity contribution in [2.45, 2.75) is 31.4 Å². The Kier molecular flexibility index (Phi) is 6.34. The lowest BCUT2D eigenvalue weighted by Gasteiger charge is -2.37. The predicted molar refractivity (Wildman–Crippen MR) is 130 cm³/mol. The summed E-state index contributed by atoms with van der Waals surface area (Å²) in [6.45, 7) is 4.76. The standard InChI is InChI=1S/C24H28N8O4/c1-24(26)2-4-30(5-3-24)21-12-27-20(11-28-21)19-8-17(14-32-22(19)16(9-25)10-29-32)36-15-18-13-31(23(33)34)6-7-35-18/h8,10-12,14,18H,2-7,13,15,26H2,1H3,(H,33,34)/t18-/m0/s1. The number of hydrogen-bond donors (Lipinski definition) is 2. The van der Waals surface area contributed by atoms with Crippen molar-refractivity contribution in [1.29, 1.82) is 5.26 Å². The number of nitrogens with zero attached hydrogens (tertiary/aromatic N) is 7. The highest BCUT2D eigenvalue weighted by atomic mass is 16.5. The number of carboxylic acid groups (broad SMARTS) is 1. The van der Waals surface area contributed by atoms with Crippen molar-refractivity contribution in [3.8, 4) is 23.1 Å². The minimum Gasteiger partial charge on any atom is -0.489 e. The SMILES string of the molecule is CC1(N)CCN(c2cnc(-c3cc(OC[C@@H]4CN(C(=O)O)CCO4)cn4ncc(C#N)c34)cn2)CC1. The maximum Gasteiger partial charge on any atom is 0.407 e. The monoisotopic (exact) mass is 492 g/mol. The zero-order valence-corrected chi connectivity index (χ0v) is 20.0. The molecule has 0 spiro atoms. The van der Waals surface area contributed by atoms with Crippen molar-refractivity contribution >= 4 is 17.4 Å². The minimum absolute atomic E-state index is 0.153. The second kappa shape index (κ2) is 9.60. The number of fused-ring (bicyclic) bond motifs is 1. The molecule has 1 atom stereocenters. The van der Waals surface area contributed by atoms with Gasteiger partial charge < -0.3 is 30.1 Å². The number of anilines is 1. The molecule has 2 saturated heterocycles. The lowest BCUT2D eigenvalue weighted by molar-refractivity contribution is -0.0412. The van der Waals surface area contributed by atoms with E-state index in [1.54, 1.807) is 29.2 Å². The molecule has 0 unspecified atom stereocenters. The van der Waals surface area contributed by atoms with E-state index in [1.807, 2.05) is 0 Å². The molecule has 12 heteroatoms. The maximum absolute atomic E-state index is 11.3. The van der Waals surface area contributed by atoms with Gasteiger partial charge in [-0.05, 0) is 25.8 Å². The molecule has 12 nitrogen and oxygen atoms in total. The number of piperidine rings is 1. The van der Waals surface area contributed by atoms with Crippen LogP contribution in [0.2, 0.25) is 0 Å². The summed E-state index contributed by atoms with van der Waals surface area (Å²) >= 11 is 0. The molecule has 0 bridgehead atoms. The smallest absolute Gasteiger partial charge is 0.407 e. The van der Waals surface area contributed by atoms with Crippen molar-refractivity contribution in [3.05, 3.63) is 36.4 Å². The number of rotatable bonds is 5. The Morgan fingerprint density at radius 1 is 1.31 bits per heavy atom. The Hall–Kier alpha value is -3.95. The fourth-order valence-corrected chi connectivity index (χ4v) is 4.51. The van der Waals surface area contributed by atoms with E-state index in [0.717, 1.165) is 31.7 Å². The molecule has 0 saturated carbocycles. The van der Waals surface area contributed by atoms with Gasteiger partial charge >= 0.3 is 6.09 Å². The second-order valence-corrected chi connectivity index (χ2v) is 9.49. The van der Waals surface area contributed by atoms with Gasteiger partial charge in [0.05, 0.1) is 54.7 Å². The molecule has 1 amide bonds. The Labute approximate surface area is 207 Å². The van der Waals surface area contributed by atoms with E-state index in [1.165, 1.54) is 11.1 Å². The number of nitriles is 1. The van der Waals surface area contributed by atoms with Crippen molar-refractivity contribution in [1.82, 2.24) is 24.5 Å². The number of pyridine rings is 1. The molecule has 5 heterocycles. The number of aromatic nitrogens is 4. The van der Waals surface area contributed by atoms with Gasteiger partial charge in [0.15, 0.2) is 0 Å². The summed E-state index contributed by atoms with van der Waals surface area (Å²) < 4.78 is 13.2. The van der Waals surface area contributed by atoms with Crippen molar-refractivity contribution < 1.29 is 19.4 Å². The number of carbonyl (C=O) groups is 1.